The molecule has 6 nitrogen and oxygen atoms in total. The zero-order valence-corrected chi connectivity index (χ0v) is 13.3. The minimum atomic E-state index is 0.570. The van der Waals surface area contributed by atoms with Crippen molar-refractivity contribution in [3.8, 4) is 0 Å². The van der Waals surface area contributed by atoms with Gasteiger partial charge in [0.2, 0.25) is 0 Å². The van der Waals surface area contributed by atoms with Gasteiger partial charge in [0.25, 0.3) is 0 Å². The normalized spacial score (nSPS) is 26.1. The third kappa shape index (κ3) is 3.54. The molecule has 6 heteroatoms. The number of rotatable bonds is 4. The Hall–Kier alpha value is -1.59. The lowest BCUT2D eigenvalue weighted by molar-refractivity contribution is 0.606. The maximum atomic E-state index is 4.72. The Labute approximate surface area is 126 Å². The molecule has 0 amide bonds. The lowest BCUT2D eigenvalue weighted by Gasteiger charge is -2.17. The van der Waals surface area contributed by atoms with Crippen LogP contribution in [0.25, 0.3) is 0 Å². The van der Waals surface area contributed by atoms with E-state index in [0.717, 1.165) is 23.5 Å². The van der Waals surface area contributed by atoms with E-state index in [1.807, 2.05) is 18.5 Å². The van der Waals surface area contributed by atoms with Crippen molar-refractivity contribution in [3.63, 3.8) is 0 Å². The minimum absolute atomic E-state index is 0.570. The molecule has 2 unspecified atom stereocenters. The zero-order valence-electron chi connectivity index (χ0n) is 13.3. The van der Waals surface area contributed by atoms with Crippen molar-refractivity contribution in [2.75, 3.05) is 0 Å². The van der Waals surface area contributed by atoms with Crippen molar-refractivity contribution >= 4 is 5.96 Å². The van der Waals surface area contributed by atoms with E-state index in [1.165, 1.54) is 32.1 Å². The van der Waals surface area contributed by atoms with Crippen LogP contribution in [0.3, 0.4) is 0 Å². The average molecular weight is 290 g/mol. The van der Waals surface area contributed by atoms with Crippen LogP contribution in [0.5, 0.6) is 0 Å². The Balaban J connectivity index is 1.64. The van der Waals surface area contributed by atoms with Gasteiger partial charge in [-0.05, 0) is 32.1 Å². The summed E-state index contributed by atoms with van der Waals surface area (Å²) in [7, 11) is 1.99. The van der Waals surface area contributed by atoms with Crippen LogP contribution in [0.15, 0.2) is 4.99 Å². The monoisotopic (exact) mass is 290 g/mol. The van der Waals surface area contributed by atoms with Crippen molar-refractivity contribution in [3.05, 3.63) is 11.6 Å². The van der Waals surface area contributed by atoms with E-state index < -0.39 is 0 Å². The van der Waals surface area contributed by atoms with E-state index in [0.29, 0.717) is 18.6 Å². The lowest BCUT2D eigenvalue weighted by atomic mass is 10.2. The summed E-state index contributed by atoms with van der Waals surface area (Å²) in [5, 5.41) is 15.4. The summed E-state index contributed by atoms with van der Waals surface area (Å²) < 4.78 is 2.00. The van der Waals surface area contributed by atoms with E-state index in [4.69, 9.17) is 4.99 Å². The molecule has 2 saturated carbocycles. The van der Waals surface area contributed by atoms with E-state index >= 15 is 0 Å². The Bertz CT molecular complexity index is 514. The number of nitrogens with one attached hydrogen (secondary N) is 2. The maximum Gasteiger partial charge on any atom is 0.192 e. The largest absolute Gasteiger partial charge is 0.354 e. The fourth-order valence-electron chi connectivity index (χ4n) is 2.83. The minimum Gasteiger partial charge on any atom is -0.354 e. The summed E-state index contributed by atoms with van der Waals surface area (Å²) in [5.41, 5.74) is 0. The summed E-state index contributed by atoms with van der Waals surface area (Å²) in [6.07, 6.45) is 6.41. The van der Waals surface area contributed by atoms with Gasteiger partial charge in [-0.25, -0.2) is 4.99 Å². The number of hydrogen-bond donors (Lipinski definition) is 2. The van der Waals surface area contributed by atoms with Gasteiger partial charge in [-0.1, -0.05) is 19.8 Å². The molecule has 1 aromatic rings. The van der Waals surface area contributed by atoms with Crippen molar-refractivity contribution in [2.24, 2.45) is 18.0 Å². The molecule has 2 aliphatic carbocycles. The molecule has 1 heterocycles. The van der Waals surface area contributed by atoms with E-state index in [9.17, 15) is 0 Å². The second-order valence-corrected chi connectivity index (χ2v) is 6.48. The molecule has 2 aliphatic rings. The van der Waals surface area contributed by atoms with Gasteiger partial charge in [0, 0.05) is 19.1 Å². The molecule has 116 valence electrons. The number of nitrogens with zero attached hydrogens (tertiary/aromatic N) is 4. The highest BCUT2D eigenvalue weighted by Crippen LogP contribution is 2.29. The van der Waals surface area contributed by atoms with Gasteiger partial charge in [-0.15, -0.1) is 10.2 Å². The van der Waals surface area contributed by atoms with Crippen LogP contribution < -0.4 is 10.6 Å². The number of hydrogen-bond acceptors (Lipinski definition) is 3. The molecule has 2 fully saturated rings. The molecule has 2 atom stereocenters. The molecule has 0 aromatic carbocycles. The van der Waals surface area contributed by atoms with Gasteiger partial charge in [0.1, 0.15) is 12.4 Å². The first kappa shape index (κ1) is 14.4. The molecule has 3 rings (SSSR count). The van der Waals surface area contributed by atoms with Gasteiger partial charge < -0.3 is 15.2 Å². The predicted octanol–water partition coefficient (Wildman–Crippen LogP) is 1.51. The zero-order chi connectivity index (χ0) is 14.8. The summed E-state index contributed by atoms with van der Waals surface area (Å²) in [6.45, 7) is 4.80. The van der Waals surface area contributed by atoms with Crippen LogP contribution in [0.1, 0.15) is 50.7 Å². The summed E-state index contributed by atoms with van der Waals surface area (Å²) in [4.78, 5) is 4.72. The maximum absolute atomic E-state index is 4.72. The van der Waals surface area contributed by atoms with Gasteiger partial charge in [0.05, 0.1) is 0 Å². The average Bonchev–Trinajstić information content (AvgIpc) is 2.86. The highest BCUT2D eigenvalue weighted by Gasteiger charge is 2.33. The predicted molar refractivity (Wildman–Crippen MR) is 83.0 cm³/mol. The Morgan fingerprint density at radius 2 is 2.00 bits per heavy atom. The Morgan fingerprint density at radius 3 is 2.57 bits per heavy atom. The van der Waals surface area contributed by atoms with Crippen LogP contribution >= 0.6 is 0 Å². The molecule has 1 aromatic heterocycles. The first-order valence-corrected chi connectivity index (χ1v) is 8.06. The SMILES string of the molecule is Cc1nnc(CN=C(NC2CCCC2)NC2CC2C)n1C. The molecule has 0 aliphatic heterocycles. The highest BCUT2D eigenvalue weighted by atomic mass is 15.3. The summed E-state index contributed by atoms with van der Waals surface area (Å²) in [5.74, 6) is 3.53. The number of guanidine groups is 1. The van der Waals surface area contributed by atoms with Crippen LogP contribution in [0.2, 0.25) is 0 Å². The number of aryl methyl sites for hydroxylation is 1. The van der Waals surface area contributed by atoms with Gasteiger partial charge >= 0.3 is 0 Å². The van der Waals surface area contributed by atoms with E-state index in [-0.39, 0.29) is 0 Å². The number of aromatic nitrogens is 3. The molecule has 0 saturated heterocycles. The third-order valence-electron chi connectivity index (χ3n) is 4.69. The van der Waals surface area contributed by atoms with Crippen LogP contribution in [-0.4, -0.2) is 32.8 Å². The summed E-state index contributed by atoms with van der Waals surface area (Å²) in [6, 6.07) is 1.16. The van der Waals surface area contributed by atoms with Gasteiger partial charge in [-0.2, -0.15) is 0 Å². The first-order valence-electron chi connectivity index (χ1n) is 8.06. The quantitative estimate of drug-likeness (QED) is 0.651. The Kier molecular flexibility index (Phi) is 4.12. The smallest absolute Gasteiger partial charge is 0.192 e. The molecule has 0 radical (unpaired) electrons. The second kappa shape index (κ2) is 6.03. The second-order valence-electron chi connectivity index (χ2n) is 6.48. The van der Waals surface area contributed by atoms with Crippen molar-refractivity contribution in [2.45, 2.75) is 64.6 Å². The third-order valence-corrected chi connectivity index (χ3v) is 4.69. The van der Waals surface area contributed by atoms with Gasteiger partial charge in [-0.3, -0.25) is 0 Å². The van der Waals surface area contributed by atoms with Crippen molar-refractivity contribution < 1.29 is 0 Å². The number of aliphatic imine (C=N–C) groups is 1. The van der Waals surface area contributed by atoms with E-state index in [1.54, 1.807) is 0 Å². The van der Waals surface area contributed by atoms with Crippen LogP contribution in [0, 0.1) is 12.8 Å². The lowest BCUT2D eigenvalue weighted by Crippen LogP contribution is -2.43. The van der Waals surface area contributed by atoms with Crippen molar-refractivity contribution in [1.82, 2.24) is 25.4 Å². The van der Waals surface area contributed by atoms with Gasteiger partial charge in [0.15, 0.2) is 11.8 Å². The Morgan fingerprint density at radius 1 is 1.29 bits per heavy atom. The van der Waals surface area contributed by atoms with Crippen molar-refractivity contribution in [1.29, 1.82) is 0 Å². The van der Waals surface area contributed by atoms with Crippen LogP contribution in [-0.2, 0) is 13.6 Å². The molecule has 2 N–H and O–H groups in total. The topological polar surface area (TPSA) is 67.1 Å². The molecule has 21 heavy (non-hydrogen) atoms. The standard InChI is InChI=1S/C15H26N6/c1-10-8-13(10)18-15(17-12-6-4-5-7-12)16-9-14-20-19-11(2)21(14)3/h10,12-13H,4-9H2,1-3H3,(H2,16,17,18). The molecular formula is C15H26N6. The first-order chi connectivity index (χ1) is 10.1. The van der Waals surface area contributed by atoms with Crippen LogP contribution in [0.4, 0.5) is 0 Å². The van der Waals surface area contributed by atoms with E-state index in [2.05, 4.69) is 27.8 Å². The fourth-order valence-corrected chi connectivity index (χ4v) is 2.83. The summed E-state index contributed by atoms with van der Waals surface area (Å²) >= 11 is 0. The highest BCUT2D eigenvalue weighted by molar-refractivity contribution is 5.80. The molecule has 0 spiro atoms. The molecule has 0 bridgehead atoms. The fraction of sp³-hybridized carbons (Fsp3) is 0.800. The molecular weight excluding hydrogens is 264 g/mol.